The molecule has 0 aliphatic heterocycles. The first-order valence-corrected chi connectivity index (χ1v) is 8.22. The third-order valence-corrected chi connectivity index (χ3v) is 5.40. The first-order chi connectivity index (χ1) is 11.7. The van der Waals surface area contributed by atoms with Crippen LogP contribution in [-0.4, -0.2) is 5.78 Å². The van der Waals surface area contributed by atoms with E-state index in [1.165, 1.54) is 0 Å². The molecular weight excluding hydrogens is 296 g/mol. The fourth-order valence-electron chi connectivity index (χ4n) is 4.21. The van der Waals surface area contributed by atoms with Gasteiger partial charge in [-0.25, -0.2) is 0 Å². The van der Waals surface area contributed by atoms with Crippen molar-refractivity contribution >= 4 is 11.4 Å². The van der Waals surface area contributed by atoms with Crippen LogP contribution in [0.25, 0.3) is 5.57 Å². The fourth-order valence-corrected chi connectivity index (χ4v) is 4.21. The highest BCUT2D eigenvalue weighted by atomic mass is 16.3. The van der Waals surface area contributed by atoms with Crippen molar-refractivity contribution in [1.29, 1.82) is 0 Å². The summed E-state index contributed by atoms with van der Waals surface area (Å²) in [4.78, 5) is 12.9. The number of rotatable bonds is 1. The van der Waals surface area contributed by atoms with Crippen LogP contribution in [0.3, 0.4) is 0 Å². The molecule has 0 fully saturated rings. The Morgan fingerprint density at radius 3 is 2.54 bits per heavy atom. The minimum atomic E-state index is -0.208. The molecule has 2 aliphatic rings. The average Bonchev–Trinajstić information content (AvgIpc) is 3.08. The Labute approximate surface area is 140 Å². The lowest BCUT2D eigenvalue weighted by Gasteiger charge is -2.38. The van der Waals surface area contributed by atoms with Gasteiger partial charge in [-0.2, -0.15) is 0 Å². The topological polar surface area (TPSA) is 30.2 Å². The smallest absolute Gasteiger partial charge is 0.228 e. The van der Waals surface area contributed by atoms with Gasteiger partial charge >= 0.3 is 0 Å². The van der Waals surface area contributed by atoms with Gasteiger partial charge in [0.2, 0.25) is 5.78 Å². The second-order valence-corrected chi connectivity index (χ2v) is 6.75. The number of fused-ring (bicyclic) bond motifs is 2. The fraction of sp³-hybridized carbons (Fsp3) is 0.136. The van der Waals surface area contributed by atoms with Crippen molar-refractivity contribution in [3.63, 3.8) is 0 Å². The van der Waals surface area contributed by atoms with Crippen LogP contribution < -0.4 is 0 Å². The molecule has 1 heterocycles. The summed E-state index contributed by atoms with van der Waals surface area (Å²) in [6, 6.07) is 18.2. The number of benzene rings is 2. The molecule has 2 aliphatic carbocycles. The van der Waals surface area contributed by atoms with Crippen LogP contribution in [0.4, 0.5) is 0 Å². The Morgan fingerprint density at radius 1 is 0.958 bits per heavy atom. The van der Waals surface area contributed by atoms with Gasteiger partial charge in [0.25, 0.3) is 0 Å². The molecule has 0 amide bonds. The number of ketones is 1. The number of hydrogen-bond donors (Lipinski definition) is 0. The number of hydrogen-bond acceptors (Lipinski definition) is 2. The molecule has 0 radical (unpaired) electrons. The number of furan rings is 1. The Kier molecular flexibility index (Phi) is 2.58. The number of carbonyl (C=O) groups excluding carboxylic acids is 1. The molecule has 5 rings (SSSR count). The first kappa shape index (κ1) is 13.6. The standard InChI is InChI=1S/C22H16O2/c1-22-12-11-15(14-7-3-2-4-8-14)17-13-24-21(19(17)22)20(23)16-9-5-6-10-18(16)22/h2-11,13H,12H2,1H3. The number of carbonyl (C=O) groups is 1. The van der Waals surface area contributed by atoms with E-state index in [1.807, 2.05) is 36.4 Å². The van der Waals surface area contributed by atoms with E-state index in [-0.39, 0.29) is 11.2 Å². The van der Waals surface area contributed by atoms with E-state index in [2.05, 4.69) is 31.2 Å². The highest BCUT2D eigenvalue weighted by Gasteiger charge is 2.45. The lowest BCUT2D eigenvalue weighted by atomic mass is 9.63. The van der Waals surface area contributed by atoms with Crippen molar-refractivity contribution in [3.8, 4) is 0 Å². The maximum absolute atomic E-state index is 12.9. The van der Waals surface area contributed by atoms with Crippen LogP contribution in [0.5, 0.6) is 0 Å². The summed E-state index contributed by atoms with van der Waals surface area (Å²) in [6.07, 6.45) is 4.90. The normalized spacial score (nSPS) is 21.0. The predicted molar refractivity (Wildman–Crippen MR) is 93.2 cm³/mol. The van der Waals surface area contributed by atoms with Gasteiger partial charge in [0, 0.05) is 22.1 Å². The van der Waals surface area contributed by atoms with Crippen molar-refractivity contribution in [1.82, 2.24) is 0 Å². The Morgan fingerprint density at radius 2 is 1.71 bits per heavy atom. The van der Waals surface area contributed by atoms with E-state index in [4.69, 9.17) is 4.42 Å². The molecule has 116 valence electrons. The van der Waals surface area contributed by atoms with Crippen LogP contribution in [-0.2, 0) is 5.41 Å². The van der Waals surface area contributed by atoms with Crippen molar-refractivity contribution in [2.45, 2.75) is 18.8 Å². The summed E-state index contributed by atoms with van der Waals surface area (Å²) < 4.78 is 5.78. The van der Waals surface area contributed by atoms with Crippen molar-refractivity contribution in [2.75, 3.05) is 0 Å². The van der Waals surface area contributed by atoms with Crippen LogP contribution in [0.1, 0.15) is 51.7 Å². The summed E-state index contributed by atoms with van der Waals surface area (Å²) >= 11 is 0. The number of allylic oxidation sites excluding steroid dienone is 1. The quantitative estimate of drug-likeness (QED) is 0.635. The largest absolute Gasteiger partial charge is 0.460 e. The molecule has 0 N–H and O–H groups in total. The zero-order valence-electron chi connectivity index (χ0n) is 13.4. The second kappa shape index (κ2) is 4.57. The summed E-state index contributed by atoms with van der Waals surface area (Å²) in [5.41, 5.74) is 6.08. The van der Waals surface area contributed by atoms with Gasteiger partial charge in [-0.3, -0.25) is 4.79 Å². The molecule has 2 heteroatoms. The van der Waals surface area contributed by atoms with Gasteiger partial charge in [-0.15, -0.1) is 0 Å². The van der Waals surface area contributed by atoms with Gasteiger partial charge in [0.15, 0.2) is 5.76 Å². The van der Waals surface area contributed by atoms with Gasteiger partial charge < -0.3 is 4.42 Å². The van der Waals surface area contributed by atoms with E-state index in [1.54, 1.807) is 6.26 Å². The predicted octanol–water partition coefficient (Wildman–Crippen LogP) is 4.97. The Bertz CT molecular complexity index is 1010. The zero-order valence-corrected chi connectivity index (χ0v) is 13.4. The lowest BCUT2D eigenvalue weighted by Crippen LogP contribution is -2.34. The van der Waals surface area contributed by atoms with E-state index in [9.17, 15) is 4.79 Å². The maximum Gasteiger partial charge on any atom is 0.228 e. The third kappa shape index (κ3) is 1.58. The van der Waals surface area contributed by atoms with Crippen LogP contribution in [0.2, 0.25) is 0 Å². The molecule has 3 aromatic rings. The minimum absolute atomic E-state index is 0.00126. The highest BCUT2D eigenvalue weighted by Crippen LogP contribution is 2.51. The summed E-state index contributed by atoms with van der Waals surface area (Å²) in [6.45, 7) is 2.22. The van der Waals surface area contributed by atoms with E-state index >= 15 is 0 Å². The van der Waals surface area contributed by atoms with Crippen molar-refractivity contribution in [3.05, 3.63) is 101 Å². The highest BCUT2D eigenvalue weighted by molar-refractivity contribution is 6.12. The molecule has 1 unspecified atom stereocenters. The summed E-state index contributed by atoms with van der Waals surface area (Å²) in [5, 5.41) is 0. The molecule has 2 nitrogen and oxygen atoms in total. The van der Waals surface area contributed by atoms with Gasteiger partial charge in [-0.05, 0) is 23.1 Å². The van der Waals surface area contributed by atoms with Crippen LogP contribution >= 0.6 is 0 Å². The molecule has 0 saturated heterocycles. The van der Waals surface area contributed by atoms with E-state index in [0.29, 0.717) is 5.76 Å². The summed E-state index contributed by atoms with van der Waals surface area (Å²) in [5.74, 6) is 0.506. The first-order valence-electron chi connectivity index (χ1n) is 8.22. The Hall–Kier alpha value is -2.87. The molecule has 0 bridgehead atoms. The molecule has 2 aromatic carbocycles. The summed E-state index contributed by atoms with van der Waals surface area (Å²) in [7, 11) is 0. The van der Waals surface area contributed by atoms with E-state index in [0.717, 1.165) is 39.8 Å². The minimum Gasteiger partial charge on any atom is -0.460 e. The van der Waals surface area contributed by atoms with E-state index < -0.39 is 0 Å². The third-order valence-electron chi connectivity index (χ3n) is 5.40. The molecule has 1 aromatic heterocycles. The Balaban J connectivity index is 1.79. The van der Waals surface area contributed by atoms with Crippen molar-refractivity contribution < 1.29 is 9.21 Å². The van der Waals surface area contributed by atoms with Gasteiger partial charge in [0.05, 0.1) is 6.26 Å². The second-order valence-electron chi connectivity index (χ2n) is 6.75. The molecule has 0 saturated carbocycles. The van der Waals surface area contributed by atoms with Crippen LogP contribution in [0.15, 0.2) is 71.4 Å². The van der Waals surface area contributed by atoms with Gasteiger partial charge in [0.1, 0.15) is 0 Å². The lowest BCUT2D eigenvalue weighted by molar-refractivity contribution is 0.0999. The SMILES string of the molecule is CC12CC=C(c3ccccc3)c3coc(c31)C(=O)c1ccccc12. The zero-order chi connectivity index (χ0) is 16.3. The average molecular weight is 312 g/mol. The molecule has 24 heavy (non-hydrogen) atoms. The monoisotopic (exact) mass is 312 g/mol. The maximum atomic E-state index is 12.9. The van der Waals surface area contributed by atoms with Crippen molar-refractivity contribution in [2.24, 2.45) is 0 Å². The van der Waals surface area contributed by atoms with Gasteiger partial charge in [-0.1, -0.05) is 67.6 Å². The molecule has 1 atom stereocenters. The molecular formula is C22H16O2. The van der Waals surface area contributed by atoms with Crippen LogP contribution in [0, 0.1) is 0 Å². The molecule has 0 spiro atoms.